The fourth-order valence-electron chi connectivity index (χ4n) is 3.01. The van der Waals surface area contributed by atoms with Crippen molar-refractivity contribution >= 4 is 6.03 Å². The summed E-state index contributed by atoms with van der Waals surface area (Å²) in [6.07, 6.45) is 2.88. The Labute approximate surface area is 148 Å². The van der Waals surface area contributed by atoms with E-state index in [0.717, 1.165) is 24.8 Å². The lowest BCUT2D eigenvalue weighted by Crippen LogP contribution is -2.50. The summed E-state index contributed by atoms with van der Waals surface area (Å²) in [5, 5.41) is 7.15. The van der Waals surface area contributed by atoms with E-state index in [2.05, 4.69) is 15.5 Å². The molecule has 1 aliphatic heterocycles. The number of nitrogens with zero attached hydrogens (tertiary/aromatic N) is 3. The Hall–Kier alpha value is -2.37. The molecular weight excluding hydrogens is 316 g/mol. The van der Waals surface area contributed by atoms with Crippen LogP contribution >= 0.6 is 0 Å². The fourth-order valence-corrected chi connectivity index (χ4v) is 3.01. The lowest BCUT2D eigenvalue weighted by molar-refractivity contribution is 0.126. The second kappa shape index (κ2) is 6.86. The molecule has 0 aliphatic carbocycles. The van der Waals surface area contributed by atoms with Crippen molar-refractivity contribution in [2.45, 2.75) is 58.5 Å². The second-order valence-corrected chi connectivity index (χ2v) is 7.71. The first-order valence-electron chi connectivity index (χ1n) is 8.83. The average molecular weight is 342 g/mol. The number of aryl methyl sites for hydroxylation is 1. The number of benzene rings is 1. The molecule has 2 aromatic rings. The van der Waals surface area contributed by atoms with E-state index in [1.807, 2.05) is 56.9 Å². The SMILES string of the molecule is Cc1ccc(-c2noc(C3CCCCN3C(=O)NC(C)(C)C)n2)cc1. The van der Waals surface area contributed by atoms with Gasteiger partial charge in [-0.1, -0.05) is 35.0 Å². The highest BCUT2D eigenvalue weighted by Crippen LogP contribution is 2.31. The number of hydrogen-bond acceptors (Lipinski definition) is 4. The minimum Gasteiger partial charge on any atom is -0.337 e. The molecule has 1 aromatic carbocycles. The first kappa shape index (κ1) is 17.5. The van der Waals surface area contributed by atoms with E-state index in [1.165, 1.54) is 5.56 Å². The summed E-state index contributed by atoms with van der Waals surface area (Å²) in [7, 11) is 0. The zero-order chi connectivity index (χ0) is 18.0. The Morgan fingerprint density at radius 2 is 1.96 bits per heavy atom. The van der Waals surface area contributed by atoms with Crippen molar-refractivity contribution in [3.8, 4) is 11.4 Å². The molecule has 0 bridgehead atoms. The molecule has 0 spiro atoms. The predicted molar refractivity (Wildman–Crippen MR) is 96.1 cm³/mol. The summed E-state index contributed by atoms with van der Waals surface area (Å²) < 4.78 is 5.52. The number of piperidine rings is 1. The minimum absolute atomic E-state index is 0.0766. The Morgan fingerprint density at radius 1 is 1.24 bits per heavy atom. The molecule has 0 radical (unpaired) electrons. The van der Waals surface area contributed by atoms with Gasteiger partial charge in [-0.15, -0.1) is 0 Å². The van der Waals surface area contributed by atoms with Crippen LogP contribution in [0, 0.1) is 6.92 Å². The van der Waals surface area contributed by atoms with E-state index in [0.29, 0.717) is 18.3 Å². The molecule has 1 aromatic heterocycles. The van der Waals surface area contributed by atoms with Gasteiger partial charge < -0.3 is 14.7 Å². The molecular formula is C19H26N4O2. The highest BCUT2D eigenvalue weighted by molar-refractivity contribution is 5.75. The molecule has 1 saturated heterocycles. The van der Waals surface area contributed by atoms with Crippen LogP contribution in [0.5, 0.6) is 0 Å². The van der Waals surface area contributed by atoms with Crippen LogP contribution in [0.4, 0.5) is 4.79 Å². The Bertz CT molecular complexity index is 731. The zero-order valence-corrected chi connectivity index (χ0v) is 15.4. The van der Waals surface area contributed by atoms with Crippen LogP contribution in [-0.4, -0.2) is 33.2 Å². The lowest BCUT2D eigenvalue weighted by Gasteiger charge is -2.35. The number of likely N-dealkylation sites (tertiary alicyclic amines) is 1. The number of aromatic nitrogens is 2. The first-order valence-corrected chi connectivity index (χ1v) is 8.83. The molecule has 1 unspecified atom stereocenters. The van der Waals surface area contributed by atoms with Crippen LogP contribution in [-0.2, 0) is 0 Å². The molecule has 6 heteroatoms. The topological polar surface area (TPSA) is 71.3 Å². The molecule has 134 valence electrons. The van der Waals surface area contributed by atoms with E-state index in [1.54, 1.807) is 0 Å². The van der Waals surface area contributed by atoms with Crippen LogP contribution in [0.15, 0.2) is 28.8 Å². The van der Waals surface area contributed by atoms with Crippen molar-refractivity contribution in [3.63, 3.8) is 0 Å². The van der Waals surface area contributed by atoms with E-state index in [4.69, 9.17) is 4.52 Å². The summed E-state index contributed by atoms with van der Waals surface area (Å²) in [5.41, 5.74) is 1.83. The van der Waals surface area contributed by atoms with Crippen molar-refractivity contribution in [3.05, 3.63) is 35.7 Å². The van der Waals surface area contributed by atoms with Crippen molar-refractivity contribution in [1.29, 1.82) is 0 Å². The summed E-state index contributed by atoms with van der Waals surface area (Å²) in [6, 6.07) is 7.77. The lowest BCUT2D eigenvalue weighted by atomic mass is 10.0. The molecule has 1 fully saturated rings. The number of urea groups is 1. The third-order valence-corrected chi connectivity index (χ3v) is 4.28. The van der Waals surface area contributed by atoms with Crippen LogP contribution in [0.2, 0.25) is 0 Å². The first-order chi connectivity index (χ1) is 11.8. The third kappa shape index (κ3) is 4.18. The Morgan fingerprint density at radius 3 is 2.64 bits per heavy atom. The number of amides is 2. The molecule has 0 saturated carbocycles. The molecule has 1 N–H and O–H groups in total. The smallest absolute Gasteiger partial charge is 0.318 e. The Kier molecular flexibility index (Phi) is 4.79. The van der Waals surface area contributed by atoms with Crippen molar-refractivity contribution in [2.75, 3.05) is 6.54 Å². The van der Waals surface area contributed by atoms with Gasteiger partial charge in [0.1, 0.15) is 6.04 Å². The molecule has 2 heterocycles. The van der Waals surface area contributed by atoms with Gasteiger partial charge in [0.05, 0.1) is 0 Å². The van der Waals surface area contributed by atoms with Crippen LogP contribution in [0.3, 0.4) is 0 Å². The van der Waals surface area contributed by atoms with E-state index < -0.39 is 0 Å². The number of carbonyl (C=O) groups excluding carboxylic acids is 1. The minimum atomic E-state index is -0.277. The van der Waals surface area contributed by atoms with E-state index in [-0.39, 0.29) is 17.6 Å². The molecule has 2 amide bonds. The maximum Gasteiger partial charge on any atom is 0.318 e. The van der Waals surface area contributed by atoms with E-state index >= 15 is 0 Å². The van der Waals surface area contributed by atoms with Crippen molar-refractivity contribution in [2.24, 2.45) is 0 Å². The zero-order valence-electron chi connectivity index (χ0n) is 15.4. The van der Waals surface area contributed by atoms with Gasteiger partial charge in [0.25, 0.3) is 0 Å². The fraction of sp³-hybridized carbons (Fsp3) is 0.526. The summed E-state index contributed by atoms with van der Waals surface area (Å²) >= 11 is 0. The van der Waals surface area contributed by atoms with Gasteiger partial charge in [-0.2, -0.15) is 4.98 Å². The molecule has 1 aliphatic rings. The Balaban J connectivity index is 1.81. The van der Waals surface area contributed by atoms with Crippen LogP contribution in [0.25, 0.3) is 11.4 Å². The standard InChI is InChI=1S/C19H26N4O2/c1-13-8-10-14(11-9-13)16-20-17(25-22-16)15-7-5-6-12-23(15)18(24)21-19(2,3)4/h8-11,15H,5-7,12H2,1-4H3,(H,21,24). The maximum absolute atomic E-state index is 12.6. The molecule has 1 atom stereocenters. The second-order valence-electron chi connectivity index (χ2n) is 7.71. The third-order valence-electron chi connectivity index (χ3n) is 4.28. The molecule has 6 nitrogen and oxygen atoms in total. The van der Waals surface area contributed by atoms with Gasteiger partial charge in [-0.3, -0.25) is 0 Å². The van der Waals surface area contributed by atoms with Crippen LogP contribution < -0.4 is 5.32 Å². The highest BCUT2D eigenvalue weighted by atomic mass is 16.5. The number of rotatable bonds is 2. The summed E-state index contributed by atoms with van der Waals surface area (Å²) in [5.74, 6) is 1.08. The predicted octanol–water partition coefficient (Wildman–Crippen LogP) is 4.08. The van der Waals surface area contributed by atoms with Gasteiger partial charge in [-0.25, -0.2) is 4.79 Å². The van der Waals surface area contributed by atoms with Gasteiger partial charge >= 0.3 is 6.03 Å². The van der Waals surface area contributed by atoms with Gasteiger partial charge in [0.2, 0.25) is 11.7 Å². The monoisotopic (exact) mass is 342 g/mol. The van der Waals surface area contributed by atoms with Crippen molar-refractivity contribution < 1.29 is 9.32 Å². The van der Waals surface area contributed by atoms with E-state index in [9.17, 15) is 4.79 Å². The largest absolute Gasteiger partial charge is 0.337 e. The highest BCUT2D eigenvalue weighted by Gasteiger charge is 2.33. The quantitative estimate of drug-likeness (QED) is 0.892. The van der Waals surface area contributed by atoms with Gasteiger partial charge in [0.15, 0.2) is 0 Å². The number of nitrogens with one attached hydrogen (secondary N) is 1. The number of carbonyl (C=O) groups is 1. The van der Waals surface area contributed by atoms with Crippen molar-refractivity contribution in [1.82, 2.24) is 20.4 Å². The number of hydrogen-bond donors (Lipinski definition) is 1. The summed E-state index contributed by atoms with van der Waals surface area (Å²) in [6.45, 7) is 8.68. The molecule has 3 rings (SSSR count). The summed E-state index contributed by atoms with van der Waals surface area (Å²) in [4.78, 5) is 19.0. The van der Waals surface area contributed by atoms with Gasteiger partial charge in [0, 0.05) is 17.6 Å². The normalized spacial score (nSPS) is 18.2. The maximum atomic E-state index is 12.6. The van der Waals surface area contributed by atoms with Gasteiger partial charge in [-0.05, 0) is 47.0 Å². The molecule has 25 heavy (non-hydrogen) atoms. The van der Waals surface area contributed by atoms with Crippen LogP contribution in [0.1, 0.15) is 57.5 Å². The average Bonchev–Trinajstić information content (AvgIpc) is 3.04.